The van der Waals surface area contributed by atoms with Crippen molar-refractivity contribution in [3.05, 3.63) is 75.0 Å². The van der Waals surface area contributed by atoms with Gasteiger partial charge in [-0.3, -0.25) is 15.1 Å². The third kappa shape index (κ3) is 5.80. The summed E-state index contributed by atoms with van der Waals surface area (Å²) in [4.78, 5) is 27.9. The van der Waals surface area contributed by atoms with Gasteiger partial charge in [-0.2, -0.15) is 5.10 Å². The molecule has 0 saturated carbocycles. The SMILES string of the molecule is COC(=O)N1C/C(=C\c2ccc(OC)cc2)c2c(c(C(=O)NN3CCC([OH2+])CC3)nn2-c2ccc(Cl)cc2Cl)C1. The second-order valence-corrected chi connectivity index (χ2v) is 10.5. The van der Waals surface area contributed by atoms with E-state index in [-0.39, 0.29) is 24.9 Å². The lowest BCUT2D eigenvalue weighted by atomic mass is 9.97. The van der Waals surface area contributed by atoms with Crippen molar-refractivity contribution < 1.29 is 24.2 Å². The lowest BCUT2D eigenvalue weighted by molar-refractivity contribution is 0.0462. The van der Waals surface area contributed by atoms with Gasteiger partial charge in [0.1, 0.15) is 5.75 Å². The fourth-order valence-electron chi connectivity index (χ4n) is 4.93. The van der Waals surface area contributed by atoms with Crippen molar-refractivity contribution in [2.24, 2.45) is 0 Å². The molecule has 1 aromatic heterocycles. The zero-order chi connectivity index (χ0) is 28.4. The number of fused-ring (bicyclic) bond motifs is 1. The van der Waals surface area contributed by atoms with E-state index in [1.807, 2.05) is 35.4 Å². The van der Waals surface area contributed by atoms with E-state index in [1.54, 1.807) is 30.0 Å². The standard InChI is InChI=1S/C28H29Cl2N5O5/c1-39-21-6-3-17(4-7-21)13-18-15-33(28(38)40-2)16-22-25(27(37)32-34-11-9-20(36)10-12-34)31-35(26(18)22)24-8-5-19(29)14-23(24)30/h3-8,13-14,20,36H,9-12,15-16H2,1-2H3,(H,32,37)/p+1/b18-13+. The van der Waals surface area contributed by atoms with E-state index in [9.17, 15) is 9.59 Å². The number of carbonyl (C=O) groups excluding carboxylic acids is 2. The molecule has 0 bridgehead atoms. The van der Waals surface area contributed by atoms with E-state index < -0.39 is 12.0 Å². The Balaban J connectivity index is 1.65. The lowest BCUT2D eigenvalue weighted by Crippen LogP contribution is -2.48. The lowest BCUT2D eigenvalue weighted by Gasteiger charge is -2.29. The highest BCUT2D eigenvalue weighted by molar-refractivity contribution is 6.35. The summed E-state index contributed by atoms with van der Waals surface area (Å²) in [5.41, 5.74) is 6.49. The Morgan fingerprint density at radius 2 is 1.80 bits per heavy atom. The van der Waals surface area contributed by atoms with Crippen molar-refractivity contribution in [3.63, 3.8) is 0 Å². The van der Waals surface area contributed by atoms with E-state index >= 15 is 0 Å². The van der Waals surface area contributed by atoms with E-state index in [1.165, 1.54) is 12.0 Å². The maximum atomic E-state index is 13.6. The molecule has 0 spiro atoms. The number of ether oxygens (including phenoxy) is 2. The molecule has 0 radical (unpaired) electrons. The van der Waals surface area contributed by atoms with Crippen LogP contribution >= 0.6 is 23.2 Å². The third-order valence-corrected chi connectivity index (χ3v) is 7.53. The number of nitrogens with one attached hydrogen (secondary N) is 1. The van der Waals surface area contributed by atoms with Crippen molar-refractivity contribution in [1.29, 1.82) is 0 Å². The van der Waals surface area contributed by atoms with Gasteiger partial charge in [-0.05, 0) is 47.5 Å². The molecule has 5 rings (SSSR count). The molecule has 1 fully saturated rings. The monoisotopic (exact) mass is 586 g/mol. The van der Waals surface area contributed by atoms with Gasteiger partial charge >= 0.3 is 6.09 Å². The van der Waals surface area contributed by atoms with Gasteiger partial charge in [-0.15, -0.1) is 0 Å². The van der Waals surface area contributed by atoms with Crippen LogP contribution in [-0.2, 0) is 11.3 Å². The minimum absolute atomic E-state index is 0.116. The predicted molar refractivity (Wildman–Crippen MR) is 153 cm³/mol. The van der Waals surface area contributed by atoms with Gasteiger partial charge in [0.2, 0.25) is 0 Å². The quantitative estimate of drug-likeness (QED) is 0.450. The van der Waals surface area contributed by atoms with Gasteiger partial charge in [0.05, 0.1) is 43.7 Å². The second-order valence-electron chi connectivity index (χ2n) is 9.65. The molecule has 0 aliphatic carbocycles. The van der Waals surface area contributed by atoms with Gasteiger partial charge in [0, 0.05) is 36.5 Å². The van der Waals surface area contributed by atoms with Gasteiger partial charge in [0.15, 0.2) is 11.8 Å². The van der Waals surface area contributed by atoms with Crippen LogP contribution < -0.4 is 10.2 Å². The third-order valence-electron chi connectivity index (χ3n) is 6.99. The van der Waals surface area contributed by atoms with Crippen LogP contribution in [0.15, 0.2) is 42.5 Å². The number of hydrogen-bond donors (Lipinski definition) is 1. The minimum atomic E-state index is -0.521. The Bertz CT molecular complexity index is 1450. The summed E-state index contributed by atoms with van der Waals surface area (Å²) in [7, 11) is 2.93. The molecular formula is C28H30Cl2N5O5+. The molecule has 2 amide bonds. The van der Waals surface area contributed by atoms with Crippen molar-refractivity contribution in [2.75, 3.05) is 33.9 Å². The summed E-state index contributed by atoms with van der Waals surface area (Å²) in [6.07, 6.45) is 2.62. The average molecular weight is 587 g/mol. The van der Waals surface area contributed by atoms with Gasteiger partial charge in [-0.1, -0.05) is 35.3 Å². The van der Waals surface area contributed by atoms with Crippen LogP contribution in [0.5, 0.6) is 5.75 Å². The Hall–Kier alpha value is -3.57. The Morgan fingerprint density at radius 3 is 2.45 bits per heavy atom. The number of hydrogen-bond acceptors (Lipinski definition) is 6. The number of nitrogens with zero attached hydrogens (tertiary/aromatic N) is 4. The molecule has 3 aromatic rings. The highest BCUT2D eigenvalue weighted by atomic mass is 35.5. The molecule has 3 N–H and O–H groups in total. The first-order valence-corrected chi connectivity index (χ1v) is 13.5. The van der Waals surface area contributed by atoms with E-state index in [4.69, 9.17) is 42.9 Å². The average Bonchev–Trinajstić information content (AvgIpc) is 3.34. The molecule has 40 heavy (non-hydrogen) atoms. The summed E-state index contributed by atoms with van der Waals surface area (Å²) in [6, 6.07) is 12.6. The molecule has 210 valence electrons. The Morgan fingerprint density at radius 1 is 1.07 bits per heavy atom. The molecule has 2 aromatic carbocycles. The summed E-state index contributed by atoms with van der Waals surface area (Å²) in [5.74, 6) is 0.313. The first kappa shape index (κ1) is 28.0. The van der Waals surface area contributed by atoms with Gasteiger partial charge in [0.25, 0.3) is 5.91 Å². The largest absolute Gasteiger partial charge is 0.497 e. The smallest absolute Gasteiger partial charge is 0.410 e. The number of carbonyl (C=O) groups is 2. The molecule has 0 unspecified atom stereocenters. The van der Waals surface area contributed by atoms with Crippen LogP contribution in [0.1, 0.15) is 40.2 Å². The van der Waals surface area contributed by atoms with E-state index in [0.717, 1.165) is 11.1 Å². The fourth-order valence-corrected chi connectivity index (χ4v) is 5.42. The molecule has 10 nitrogen and oxygen atoms in total. The first-order valence-electron chi connectivity index (χ1n) is 12.8. The normalized spacial score (nSPS) is 17.0. The highest BCUT2D eigenvalue weighted by Crippen LogP contribution is 2.36. The zero-order valence-electron chi connectivity index (χ0n) is 22.1. The fraction of sp³-hybridized carbons (Fsp3) is 0.321. The van der Waals surface area contributed by atoms with Crippen LogP contribution in [0.2, 0.25) is 10.0 Å². The van der Waals surface area contributed by atoms with Crippen molar-refractivity contribution >= 4 is 46.9 Å². The number of halogens is 2. The number of piperidine rings is 1. The highest BCUT2D eigenvalue weighted by Gasteiger charge is 2.35. The van der Waals surface area contributed by atoms with Crippen molar-refractivity contribution in [2.45, 2.75) is 25.5 Å². The minimum Gasteiger partial charge on any atom is -0.497 e. The van der Waals surface area contributed by atoms with Crippen molar-refractivity contribution in [3.8, 4) is 11.4 Å². The summed E-state index contributed by atoms with van der Waals surface area (Å²) < 4.78 is 12.0. The summed E-state index contributed by atoms with van der Waals surface area (Å²) >= 11 is 12.8. The van der Waals surface area contributed by atoms with Crippen LogP contribution in [0.3, 0.4) is 0 Å². The predicted octanol–water partition coefficient (Wildman–Crippen LogP) is 4.14. The molecule has 12 heteroatoms. The molecule has 1 saturated heterocycles. The van der Waals surface area contributed by atoms with Crippen LogP contribution in [-0.4, -0.2) is 76.8 Å². The van der Waals surface area contributed by atoms with E-state index in [2.05, 4.69) is 5.43 Å². The van der Waals surface area contributed by atoms with Gasteiger partial charge < -0.3 is 14.6 Å². The van der Waals surface area contributed by atoms with Crippen molar-refractivity contribution in [1.82, 2.24) is 25.1 Å². The molecule has 2 aliphatic heterocycles. The maximum absolute atomic E-state index is 13.6. The van der Waals surface area contributed by atoms with Crippen LogP contribution in [0.4, 0.5) is 4.79 Å². The molecular weight excluding hydrogens is 557 g/mol. The number of amides is 2. The maximum Gasteiger partial charge on any atom is 0.410 e. The number of aromatic nitrogens is 2. The van der Waals surface area contributed by atoms with E-state index in [0.29, 0.717) is 58.7 Å². The molecule has 0 atom stereocenters. The number of hydrazine groups is 1. The Labute approximate surface area is 241 Å². The zero-order valence-corrected chi connectivity index (χ0v) is 23.6. The first-order chi connectivity index (χ1) is 19.3. The summed E-state index contributed by atoms with van der Waals surface area (Å²) in [5, 5.41) is 15.3. The van der Waals surface area contributed by atoms with Crippen LogP contribution in [0.25, 0.3) is 17.3 Å². The number of methoxy groups -OCH3 is 2. The van der Waals surface area contributed by atoms with Gasteiger partial charge in [-0.25, -0.2) is 14.5 Å². The number of benzene rings is 2. The molecule has 2 aliphatic rings. The Kier molecular flexibility index (Phi) is 8.32. The number of rotatable bonds is 5. The summed E-state index contributed by atoms with van der Waals surface area (Å²) in [6.45, 7) is 1.48. The van der Waals surface area contributed by atoms with Crippen LogP contribution in [0, 0.1) is 0 Å². The second kappa shape index (κ2) is 11.9. The topological polar surface area (TPSA) is 112 Å². The molecule has 3 heterocycles.